The minimum Gasteiger partial charge on any atom is -0.481 e. The molecule has 1 saturated carbocycles. The number of carbonyl (C=O) groups is 2. The van der Waals surface area contributed by atoms with Gasteiger partial charge in [0, 0.05) is 6.04 Å². The van der Waals surface area contributed by atoms with Gasteiger partial charge in [0.1, 0.15) is 5.60 Å². The van der Waals surface area contributed by atoms with E-state index in [9.17, 15) is 14.7 Å². The summed E-state index contributed by atoms with van der Waals surface area (Å²) in [6, 6.07) is -0.101. The van der Waals surface area contributed by atoms with Crippen molar-refractivity contribution in [1.82, 2.24) is 5.32 Å². The average Bonchev–Trinajstić information content (AvgIpc) is 2.59. The predicted octanol–water partition coefficient (Wildman–Crippen LogP) is 2.54. The molecule has 0 radical (unpaired) electrons. The van der Waals surface area contributed by atoms with E-state index in [-0.39, 0.29) is 6.04 Å². The standard InChI is InChI=1S/C13H23NO4/c1-5-13(10(15)16)7-6-9(8-13)14-11(17)18-12(2,3)4/h9H,5-8H2,1-4H3,(H,14,17)(H,15,16)/t9-,13+/m0/s1. The third kappa shape index (κ3) is 3.62. The van der Waals surface area contributed by atoms with Crippen LogP contribution in [0.15, 0.2) is 0 Å². The molecule has 18 heavy (non-hydrogen) atoms. The summed E-state index contributed by atoms with van der Waals surface area (Å²) in [5.74, 6) is -0.765. The van der Waals surface area contributed by atoms with Crippen LogP contribution in [0.2, 0.25) is 0 Å². The first kappa shape index (κ1) is 14.8. The second-order valence-electron chi connectivity index (χ2n) is 6.02. The molecule has 1 amide bonds. The summed E-state index contributed by atoms with van der Waals surface area (Å²) >= 11 is 0. The van der Waals surface area contributed by atoms with Gasteiger partial charge in [0.25, 0.3) is 0 Å². The van der Waals surface area contributed by atoms with E-state index in [1.165, 1.54) is 0 Å². The monoisotopic (exact) mass is 257 g/mol. The minimum atomic E-state index is -0.765. The Kier molecular flexibility index (Phi) is 4.24. The van der Waals surface area contributed by atoms with E-state index < -0.39 is 23.1 Å². The molecule has 0 aromatic heterocycles. The Labute approximate surface area is 108 Å². The Balaban J connectivity index is 2.53. The lowest BCUT2D eigenvalue weighted by atomic mass is 9.83. The summed E-state index contributed by atoms with van der Waals surface area (Å²) in [4.78, 5) is 22.9. The van der Waals surface area contributed by atoms with Gasteiger partial charge in [-0.2, -0.15) is 0 Å². The number of nitrogens with one attached hydrogen (secondary N) is 1. The highest BCUT2D eigenvalue weighted by atomic mass is 16.6. The third-order valence-corrected chi connectivity index (χ3v) is 3.46. The molecule has 1 fully saturated rings. The van der Waals surface area contributed by atoms with E-state index >= 15 is 0 Å². The molecular formula is C13H23NO4. The first-order valence-corrected chi connectivity index (χ1v) is 6.41. The summed E-state index contributed by atoms with van der Waals surface area (Å²) in [6.07, 6.45) is 1.91. The molecule has 0 aromatic carbocycles. The molecule has 5 heteroatoms. The van der Waals surface area contributed by atoms with E-state index in [1.807, 2.05) is 6.92 Å². The van der Waals surface area contributed by atoms with E-state index in [1.54, 1.807) is 20.8 Å². The summed E-state index contributed by atoms with van der Waals surface area (Å²) in [6.45, 7) is 7.28. The first-order valence-electron chi connectivity index (χ1n) is 6.41. The molecule has 1 aliphatic rings. The van der Waals surface area contributed by atoms with Crippen molar-refractivity contribution >= 4 is 12.1 Å². The van der Waals surface area contributed by atoms with Gasteiger partial charge in [0.15, 0.2) is 0 Å². The van der Waals surface area contributed by atoms with Crippen LogP contribution in [0.3, 0.4) is 0 Å². The Hall–Kier alpha value is -1.26. The fourth-order valence-corrected chi connectivity index (χ4v) is 2.39. The molecule has 0 aliphatic heterocycles. The van der Waals surface area contributed by atoms with Crippen molar-refractivity contribution in [3.63, 3.8) is 0 Å². The molecule has 0 saturated heterocycles. The maximum Gasteiger partial charge on any atom is 0.407 e. The average molecular weight is 257 g/mol. The molecule has 5 nitrogen and oxygen atoms in total. The van der Waals surface area contributed by atoms with E-state index in [2.05, 4.69) is 5.32 Å². The molecular weight excluding hydrogens is 234 g/mol. The second-order valence-corrected chi connectivity index (χ2v) is 6.02. The molecule has 0 aromatic rings. The molecule has 104 valence electrons. The Morgan fingerprint density at radius 1 is 1.44 bits per heavy atom. The zero-order chi connectivity index (χ0) is 14.0. The topological polar surface area (TPSA) is 75.6 Å². The first-order chi connectivity index (χ1) is 8.18. The Morgan fingerprint density at radius 3 is 2.44 bits per heavy atom. The fraction of sp³-hybridized carbons (Fsp3) is 0.846. The largest absolute Gasteiger partial charge is 0.481 e. The Morgan fingerprint density at radius 2 is 2.06 bits per heavy atom. The molecule has 1 rings (SSSR count). The van der Waals surface area contributed by atoms with Gasteiger partial charge < -0.3 is 15.2 Å². The lowest BCUT2D eigenvalue weighted by Crippen LogP contribution is -2.39. The number of rotatable bonds is 3. The smallest absolute Gasteiger partial charge is 0.407 e. The molecule has 0 spiro atoms. The Bertz CT molecular complexity index is 334. The zero-order valence-electron chi connectivity index (χ0n) is 11.6. The number of hydrogen-bond acceptors (Lipinski definition) is 3. The van der Waals surface area contributed by atoms with Crippen molar-refractivity contribution in [1.29, 1.82) is 0 Å². The molecule has 0 unspecified atom stereocenters. The third-order valence-electron chi connectivity index (χ3n) is 3.46. The van der Waals surface area contributed by atoms with Gasteiger partial charge in [-0.05, 0) is 46.5 Å². The number of aliphatic carboxylic acids is 1. The quantitative estimate of drug-likeness (QED) is 0.814. The van der Waals surface area contributed by atoms with Gasteiger partial charge >= 0.3 is 12.1 Å². The molecule has 2 N–H and O–H groups in total. The fourth-order valence-electron chi connectivity index (χ4n) is 2.39. The minimum absolute atomic E-state index is 0.101. The second kappa shape index (κ2) is 5.16. The number of alkyl carbamates (subject to hydrolysis) is 1. The number of hydrogen-bond donors (Lipinski definition) is 2. The van der Waals surface area contributed by atoms with Crippen molar-refractivity contribution in [2.75, 3.05) is 0 Å². The highest BCUT2D eigenvalue weighted by Gasteiger charge is 2.44. The SMILES string of the molecule is CC[C@@]1(C(=O)O)CC[C@H](NC(=O)OC(C)(C)C)C1. The normalized spacial score (nSPS) is 27.9. The van der Waals surface area contributed by atoms with Crippen LogP contribution >= 0.6 is 0 Å². The molecule has 1 aliphatic carbocycles. The lowest BCUT2D eigenvalue weighted by molar-refractivity contribution is -0.148. The number of carboxylic acids is 1. The van der Waals surface area contributed by atoms with E-state index in [0.29, 0.717) is 25.7 Å². The van der Waals surface area contributed by atoms with Crippen molar-refractivity contribution in [3.8, 4) is 0 Å². The van der Waals surface area contributed by atoms with Crippen LogP contribution < -0.4 is 5.32 Å². The number of carboxylic acid groups (broad SMARTS) is 1. The van der Waals surface area contributed by atoms with E-state index in [0.717, 1.165) is 0 Å². The molecule has 0 bridgehead atoms. The van der Waals surface area contributed by atoms with Crippen molar-refractivity contribution in [2.24, 2.45) is 5.41 Å². The lowest BCUT2D eigenvalue weighted by Gasteiger charge is -2.24. The van der Waals surface area contributed by atoms with Gasteiger partial charge in [-0.25, -0.2) is 4.79 Å². The number of carbonyl (C=O) groups excluding carboxylic acids is 1. The summed E-state index contributed by atoms with van der Waals surface area (Å²) in [7, 11) is 0. The van der Waals surface area contributed by atoms with Crippen molar-refractivity contribution < 1.29 is 19.4 Å². The highest BCUT2D eigenvalue weighted by molar-refractivity contribution is 5.75. The van der Waals surface area contributed by atoms with E-state index in [4.69, 9.17) is 4.74 Å². The van der Waals surface area contributed by atoms with Gasteiger partial charge in [-0.1, -0.05) is 6.92 Å². The van der Waals surface area contributed by atoms with Crippen LogP contribution in [0, 0.1) is 5.41 Å². The van der Waals surface area contributed by atoms with Crippen LogP contribution in [0.4, 0.5) is 4.79 Å². The molecule has 0 heterocycles. The van der Waals surface area contributed by atoms with Crippen LogP contribution in [0.1, 0.15) is 53.4 Å². The highest BCUT2D eigenvalue weighted by Crippen LogP contribution is 2.41. The molecule has 2 atom stereocenters. The number of amides is 1. The van der Waals surface area contributed by atoms with Gasteiger partial charge in [-0.15, -0.1) is 0 Å². The van der Waals surface area contributed by atoms with Crippen LogP contribution in [0.25, 0.3) is 0 Å². The van der Waals surface area contributed by atoms with Crippen LogP contribution in [-0.4, -0.2) is 28.8 Å². The zero-order valence-corrected chi connectivity index (χ0v) is 11.6. The predicted molar refractivity (Wildman–Crippen MR) is 67.4 cm³/mol. The van der Waals surface area contributed by atoms with Crippen molar-refractivity contribution in [2.45, 2.75) is 65.0 Å². The van der Waals surface area contributed by atoms with Gasteiger partial charge in [0.05, 0.1) is 5.41 Å². The summed E-state index contributed by atoms with van der Waals surface area (Å²) in [5, 5.41) is 12.0. The number of ether oxygens (including phenoxy) is 1. The summed E-state index contributed by atoms with van der Waals surface area (Å²) in [5.41, 5.74) is -1.21. The van der Waals surface area contributed by atoms with Gasteiger partial charge in [-0.3, -0.25) is 4.79 Å². The van der Waals surface area contributed by atoms with Crippen LogP contribution in [0.5, 0.6) is 0 Å². The van der Waals surface area contributed by atoms with Crippen LogP contribution in [-0.2, 0) is 9.53 Å². The maximum absolute atomic E-state index is 11.6. The van der Waals surface area contributed by atoms with Gasteiger partial charge in [0.2, 0.25) is 0 Å². The maximum atomic E-state index is 11.6. The van der Waals surface area contributed by atoms with Crippen molar-refractivity contribution in [3.05, 3.63) is 0 Å². The summed E-state index contributed by atoms with van der Waals surface area (Å²) < 4.78 is 5.16.